The summed E-state index contributed by atoms with van der Waals surface area (Å²) < 4.78 is 25.0. The van der Waals surface area contributed by atoms with Gasteiger partial charge in [0.1, 0.15) is 5.69 Å². The minimum Gasteiger partial charge on any atom is -0.343 e. The van der Waals surface area contributed by atoms with E-state index in [0.717, 1.165) is 38.5 Å². The van der Waals surface area contributed by atoms with Crippen LogP contribution in [-0.4, -0.2) is 79.6 Å². The number of amides is 2. The summed E-state index contributed by atoms with van der Waals surface area (Å²) in [6.07, 6.45) is 9.15. The zero-order valence-electron chi connectivity index (χ0n) is 23.0. The lowest BCUT2D eigenvalue weighted by Gasteiger charge is -2.36. The number of carbonyl (C=O) groups excluding carboxylic acids is 2. The molecule has 5 rings (SSSR count). The number of fused-ring (bicyclic) bond motifs is 1. The third-order valence-corrected chi connectivity index (χ3v) is 9.03. The van der Waals surface area contributed by atoms with Crippen molar-refractivity contribution >= 4 is 50.5 Å². The summed E-state index contributed by atoms with van der Waals surface area (Å²) in [5.74, 6) is 0.718. The van der Waals surface area contributed by atoms with E-state index in [2.05, 4.69) is 25.5 Å². The molecule has 3 aliphatic rings. The van der Waals surface area contributed by atoms with E-state index in [9.17, 15) is 18.0 Å². The first-order chi connectivity index (χ1) is 18.5. The van der Waals surface area contributed by atoms with Gasteiger partial charge in [0, 0.05) is 36.8 Å². The van der Waals surface area contributed by atoms with E-state index < -0.39 is 9.84 Å². The molecule has 1 atom stereocenters. The van der Waals surface area contributed by atoms with Crippen molar-refractivity contribution in [2.24, 2.45) is 0 Å². The third-order valence-electron chi connectivity index (χ3n) is 7.94. The monoisotopic (exact) mass is 555 g/mol. The molecule has 3 heterocycles. The minimum absolute atomic E-state index is 0.0407. The number of likely N-dealkylation sites (N-methyl/N-ethyl adjacent to an activating group) is 1. The Hall–Kier alpha value is -3.25. The Bertz CT molecular complexity index is 1370. The Balaban J connectivity index is 1.41. The molecule has 2 amide bonds. The van der Waals surface area contributed by atoms with E-state index in [4.69, 9.17) is 0 Å². The number of carbonyl (C=O) groups is 2. The van der Waals surface area contributed by atoms with Crippen LogP contribution in [0.1, 0.15) is 52.4 Å². The van der Waals surface area contributed by atoms with Gasteiger partial charge in [-0.3, -0.25) is 14.5 Å². The molecule has 0 spiro atoms. The second-order valence-electron chi connectivity index (χ2n) is 11.0. The maximum absolute atomic E-state index is 13.3. The lowest BCUT2D eigenvalue weighted by atomic mass is 10.1. The van der Waals surface area contributed by atoms with Crippen molar-refractivity contribution in [3.8, 4) is 0 Å². The molecule has 1 aromatic heterocycles. The first-order valence-electron chi connectivity index (χ1n) is 13.6. The molecule has 12 heteroatoms. The van der Waals surface area contributed by atoms with Gasteiger partial charge in [-0.15, -0.1) is 0 Å². The molecule has 1 aromatic carbocycles. The van der Waals surface area contributed by atoms with Gasteiger partial charge in [-0.1, -0.05) is 12.8 Å². The molecule has 2 aliphatic heterocycles. The quantitative estimate of drug-likeness (QED) is 0.529. The lowest BCUT2D eigenvalue weighted by Crippen LogP contribution is -2.47. The molecule has 2 aromatic rings. The topological polar surface area (TPSA) is 128 Å². The maximum Gasteiger partial charge on any atom is 0.246 e. The van der Waals surface area contributed by atoms with Crippen molar-refractivity contribution in [3.63, 3.8) is 0 Å². The summed E-state index contributed by atoms with van der Waals surface area (Å²) in [4.78, 5) is 40.6. The number of nitrogens with one attached hydrogen (secondary N) is 2. The molecule has 2 N–H and O–H groups in total. The van der Waals surface area contributed by atoms with Crippen LogP contribution < -0.4 is 20.4 Å². The largest absolute Gasteiger partial charge is 0.343 e. The van der Waals surface area contributed by atoms with Crippen LogP contribution in [0.3, 0.4) is 0 Å². The lowest BCUT2D eigenvalue weighted by molar-refractivity contribution is -0.121. The molecule has 0 bridgehead atoms. The van der Waals surface area contributed by atoms with Crippen LogP contribution in [0, 0.1) is 0 Å². The van der Waals surface area contributed by atoms with Crippen LogP contribution in [0.25, 0.3) is 0 Å². The van der Waals surface area contributed by atoms with Crippen LogP contribution in [0.15, 0.2) is 29.3 Å². The summed E-state index contributed by atoms with van der Waals surface area (Å²) in [6.45, 7) is 5.10. The van der Waals surface area contributed by atoms with Gasteiger partial charge < -0.3 is 20.4 Å². The van der Waals surface area contributed by atoms with Gasteiger partial charge in [0.25, 0.3) is 0 Å². The second kappa shape index (κ2) is 10.7. The number of aromatic nitrogens is 2. The zero-order valence-corrected chi connectivity index (χ0v) is 23.8. The van der Waals surface area contributed by atoms with Gasteiger partial charge in [0.05, 0.1) is 23.7 Å². The number of rotatable bonds is 7. The van der Waals surface area contributed by atoms with Gasteiger partial charge in [-0.25, -0.2) is 13.4 Å². The molecule has 1 saturated carbocycles. The number of hydrogen-bond donors (Lipinski definition) is 2. The van der Waals surface area contributed by atoms with Gasteiger partial charge in [0.2, 0.25) is 17.8 Å². The number of nitrogens with zero attached hydrogens (tertiary/aromatic N) is 5. The standard InChI is InChI=1S/C27H37N7O4S/c1-17(2)34-16-24(35)32(3)23-15-28-27(31-25(23)34)30-19-12-18(13-21(14-19)39(4,37)38)29-26(36)22-10-7-11-33(22)20-8-5-6-9-20/h12-15,17,20,22H,5-11,16H2,1-4H3,(H,29,36)(H,28,30,31). The van der Waals surface area contributed by atoms with E-state index in [-0.39, 0.29) is 41.3 Å². The number of anilines is 5. The molecule has 1 unspecified atom stereocenters. The highest BCUT2D eigenvalue weighted by Crippen LogP contribution is 2.34. The van der Waals surface area contributed by atoms with Gasteiger partial charge in [-0.2, -0.15) is 4.98 Å². The highest BCUT2D eigenvalue weighted by molar-refractivity contribution is 7.90. The van der Waals surface area contributed by atoms with Crippen molar-refractivity contribution < 1.29 is 18.0 Å². The molecule has 11 nitrogen and oxygen atoms in total. The van der Waals surface area contributed by atoms with E-state index >= 15 is 0 Å². The predicted molar refractivity (Wildman–Crippen MR) is 151 cm³/mol. The van der Waals surface area contributed by atoms with Gasteiger partial charge >= 0.3 is 0 Å². The fourth-order valence-corrected chi connectivity index (χ4v) is 6.50. The van der Waals surface area contributed by atoms with Crippen molar-refractivity contribution in [3.05, 3.63) is 24.4 Å². The third kappa shape index (κ3) is 5.72. The van der Waals surface area contributed by atoms with E-state index in [0.29, 0.717) is 28.9 Å². The van der Waals surface area contributed by atoms with Crippen molar-refractivity contribution in [2.75, 3.05) is 46.8 Å². The number of benzene rings is 1. The smallest absolute Gasteiger partial charge is 0.246 e. The zero-order chi connectivity index (χ0) is 27.9. The maximum atomic E-state index is 13.3. The molecule has 0 radical (unpaired) electrons. The van der Waals surface area contributed by atoms with Crippen LogP contribution >= 0.6 is 0 Å². The second-order valence-corrected chi connectivity index (χ2v) is 13.1. The highest BCUT2D eigenvalue weighted by atomic mass is 32.2. The Labute approximate surface area is 229 Å². The number of likely N-dealkylation sites (tertiary alicyclic amines) is 1. The van der Waals surface area contributed by atoms with E-state index in [1.165, 1.54) is 29.9 Å². The first kappa shape index (κ1) is 27.3. The molecule has 1 saturated heterocycles. The molecular formula is C27H37N7O4S. The first-order valence-corrected chi connectivity index (χ1v) is 15.5. The van der Waals surface area contributed by atoms with Crippen LogP contribution in [0.5, 0.6) is 0 Å². The Morgan fingerprint density at radius 2 is 1.79 bits per heavy atom. The molecule has 2 fully saturated rings. The summed E-state index contributed by atoms with van der Waals surface area (Å²) in [6, 6.07) is 4.96. The van der Waals surface area contributed by atoms with Gasteiger partial charge in [-0.05, 0) is 64.3 Å². The fourth-order valence-electron chi connectivity index (χ4n) is 5.82. The van der Waals surface area contributed by atoms with Crippen molar-refractivity contribution in [1.29, 1.82) is 0 Å². The van der Waals surface area contributed by atoms with E-state index in [1.54, 1.807) is 19.3 Å². The molecule has 39 heavy (non-hydrogen) atoms. The summed E-state index contributed by atoms with van der Waals surface area (Å²) >= 11 is 0. The normalized spacial score (nSPS) is 20.5. The SMILES string of the molecule is CC(C)N1CC(=O)N(C)c2cnc(Nc3cc(NC(=O)C4CCCN4C4CCCC4)cc(S(C)(=O)=O)c3)nc21. The molecular weight excluding hydrogens is 518 g/mol. The molecule has 210 valence electrons. The summed E-state index contributed by atoms with van der Waals surface area (Å²) in [5.41, 5.74) is 1.44. The number of sulfone groups is 1. The van der Waals surface area contributed by atoms with Crippen molar-refractivity contribution in [2.45, 2.75) is 75.4 Å². The molecule has 1 aliphatic carbocycles. The fraction of sp³-hybridized carbons (Fsp3) is 0.556. The summed E-state index contributed by atoms with van der Waals surface area (Å²) in [5, 5.41) is 6.09. The van der Waals surface area contributed by atoms with Gasteiger partial charge in [0.15, 0.2) is 15.7 Å². The summed E-state index contributed by atoms with van der Waals surface area (Å²) in [7, 11) is -1.87. The average molecular weight is 556 g/mol. The minimum atomic E-state index is -3.56. The van der Waals surface area contributed by atoms with Crippen molar-refractivity contribution in [1.82, 2.24) is 14.9 Å². The highest BCUT2D eigenvalue weighted by Gasteiger charge is 2.36. The Morgan fingerprint density at radius 3 is 2.49 bits per heavy atom. The van der Waals surface area contributed by atoms with Crippen LogP contribution in [0.2, 0.25) is 0 Å². The average Bonchev–Trinajstić information content (AvgIpc) is 3.57. The Kier molecular flexibility index (Phi) is 7.51. The van der Waals surface area contributed by atoms with Crippen LogP contribution in [-0.2, 0) is 19.4 Å². The number of hydrogen-bond acceptors (Lipinski definition) is 9. The van der Waals surface area contributed by atoms with E-state index in [1.807, 2.05) is 18.7 Å². The van der Waals surface area contributed by atoms with Crippen LogP contribution in [0.4, 0.5) is 28.8 Å². The Morgan fingerprint density at radius 1 is 1.08 bits per heavy atom. The predicted octanol–water partition coefficient (Wildman–Crippen LogP) is 3.16.